The number of carbonyl (C=O) groups excluding carboxylic acids is 1. The van der Waals surface area contributed by atoms with Crippen LogP contribution in [0.3, 0.4) is 0 Å². The Bertz CT molecular complexity index is 269. The highest BCUT2D eigenvalue weighted by Crippen LogP contribution is 2.49. The number of methoxy groups -OCH3 is 1. The lowest BCUT2D eigenvalue weighted by molar-refractivity contribution is -0.123. The van der Waals surface area contributed by atoms with Crippen molar-refractivity contribution in [2.75, 3.05) is 20.3 Å². The maximum Gasteiger partial charge on any atom is 0.220 e. The lowest BCUT2D eigenvalue weighted by Gasteiger charge is -2.21. The van der Waals surface area contributed by atoms with Crippen LogP contribution in [-0.2, 0) is 9.53 Å². The first-order valence-corrected chi connectivity index (χ1v) is 6.62. The highest BCUT2D eigenvalue weighted by Gasteiger charge is 2.39. The minimum atomic E-state index is -0.594. The van der Waals surface area contributed by atoms with Crippen LogP contribution >= 0.6 is 0 Å². The van der Waals surface area contributed by atoms with Gasteiger partial charge in [0.05, 0.1) is 12.7 Å². The van der Waals surface area contributed by atoms with Crippen LogP contribution in [0.2, 0.25) is 0 Å². The number of fused-ring (bicyclic) bond motifs is 2. The molecule has 2 aliphatic rings. The molecule has 0 radical (unpaired) electrons. The van der Waals surface area contributed by atoms with Gasteiger partial charge in [0.15, 0.2) is 0 Å². The van der Waals surface area contributed by atoms with E-state index in [-0.39, 0.29) is 12.5 Å². The fourth-order valence-electron chi connectivity index (χ4n) is 3.42. The molecular weight excluding hydrogens is 218 g/mol. The number of amides is 1. The number of nitrogens with one attached hydrogen (secondary N) is 1. The number of carbonyl (C=O) groups is 1. The van der Waals surface area contributed by atoms with Gasteiger partial charge in [0.25, 0.3) is 0 Å². The molecule has 2 bridgehead atoms. The second-order valence-electron chi connectivity index (χ2n) is 5.55. The molecule has 98 valence electrons. The molecule has 4 nitrogen and oxygen atoms in total. The molecule has 4 heteroatoms. The van der Waals surface area contributed by atoms with Crippen molar-refractivity contribution in [2.24, 2.45) is 17.8 Å². The predicted molar refractivity (Wildman–Crippen MR) is 64.4 cm³/mol. The number of rotatable bonds is 6. The minimum Gasteiger partial charge on any atom is -0.389 e. The van der Waals surface area contributed by atoms with E-state index in [1.807, 2.05) is 0 Å². The summed E-state index contributed by atoms with van der Waals surface area (Å²) >= 11 is 0. The molecule has 2 aliphatic carbocycles. The molecule has 0 spiro atoms. The predicted octanol–water partition coefficient (Wildman–Crippen LogP) is 0.936. The molecule has 0 saturated heterocycles. The number of ether oxygens (including phenoxy) is 1. The van der Waals surface area contributed by atoms with Gasteiger partial charge >= 0.3 is 0 Å². The Kier molecular flexibility index (Phi) is 4.40. The second kappa shape index (κ2) is 5.83. The van der Waals surface area contributed by atoms with Gasteiger partial charge < -0.3 is 15.2 Å². The number of aliphatic hydroxyl groups excluding tert-OH is 1. The molecule has 0 aromatic carbocycles. The molecule has 1 amide bonds. The summed E-state index contributed by atoms with van der Waals surface area (Å²) in [6.45, 7) is 0.571. The summed E-state index contributed by atoms with van der Waals surface area (Å²) in [5, 5.41) is 12.2. The van der Waals surface area contributed by atoms with Crippen molar-refractivity contribution in [1.82, 2.24) is 5.32 Å². The van der Waals surface area contributed by atoms with Crippen molar-refractivity contribution >= 4 is 5.91 Å². The summed E-state index contributed by atoms with van der Waals surface area (Å²) < 4.78 is 4.81. The molecule has 2 rings (SSSR count). The van der Waals surface area contributed by atoms with Gasteiger partial charge in [-0.05, 0) is 37.0 Å². The highest BCUT2D eigenvalue weighted by atomic mass is 16.5. The maximum absolute atomic E-state index is 11.7. The third-order valence-corrected chi connectivity index (χ3v) is 4.23. The van der Waals surface area contributed by atoms with E-state index in [0.29, 0.717) is 18.9 Å². The Morgan fingerprint density at radius 2 is 2.29 bits per heavy atom. The summed E-state index contributed by atoms with van der Waals surface area (Å²) in [7, 11) is 1.54. The van der Waals surface area contributed by atoms with E-state index in [0.717, 1.165) is 11.8 Å². The zero-order valence-electron chi connectivity index (χ0n) is 10.5. The summed E-state index contributed by atoms with van der Waals surface area (Å²) in [6.07, 6.45) is 5.30. The van der Waals surface area contributed by atoms with Crippen molar-refractivity contribution in [3.05, 3.63) is 0 Å². The largest absolute Gasteiger partial charge is 0.389 e. The average molecular weight is 241 g/mol. The highest BCUT2D eigenvalue weighted by molar-refractivity contribution is 5.76. The number of hydrogen-bond donors (Lipinski definition) is 2. The fourth-order valence-corrected chi connectivity index (χ4v) is 3.42. The zero-order chi connectivity index (χ0) is 12.3. The summed E-state index contributed by atoms with van der Waals surface area (Å²) in [5.74, 6) is 2.34. The molecule has 2 saturated carbocycles. The van der Waals surface area contributed by atoms with E-state index >= 15 is 0 Å². The Morgan fingerprint density at radius 3 is 2.88 bits per heavy atom. The van der Waals surface area contributed by atoms with Gasteiger partial charge in [-0.3, -0.25) is 4.79 Å². The first kappa shape index (κ1) is 12.8. The average Bonchev–Trinajstić information content (AvgIpc) is 2.88. The quantitative estimate of drug-likeness (QED) is 0.727. The third kappa shape index (κ3) is 3.42. The normalized spacial score (nSPS) is 32.7. The third-order valence-electron chi connectivity index (χ3n) is 4.23. The van der Waals surface area contributed by atoms with E-state index in [4.69, 9.17) is 4.74 Å². The lowest BCUT2D eigenvalue weighted by atomic mass is 9.86. The van der Waals surface area contributed by atoms with E-state index < -0.39 is 6.10 Å². The molecule has 0 aliphatic heterocycles. The van der Waals surface area contributed by atoms with Gasteiger partial charge in [-0.15, -0.1) is 0 Å². The topological polar surface area (TPSA) is 58.6 Å². The van der Waals surface area contributed by atoms with E-state index in [1.165, 1.54) is 25.7 Å². The van der Waals surface area contributed by atoms with E-state index in [9.17, 15) is 9.90 Å². The lowest BCUT2D eigenvalue weighted by Crippen LogP contribution is -2.35. The molecule has 4 atom stereocenters. The van der Waals surface area contributed by atoms with E-state index in [2.05, 4.69) is 5.32 Å². The molecule has 17 heavy (non-hydrogen) atoms. The van der Waals surface area contributed by atoms with Gasteiger partial charge in [0.2, 0.25) is 5.91 Å². The number of aliphatic hydroxyl groups is 1. The van der Waals surface area contributed by atoms with Crippen molar-refractivity contribution in [1.29, 1.82) is 0 Å². The Balaban J connectivity index is 1.64. The molecular formula is C13H23NO3. The standard InChI is InChI=1S/C13H23NO3/c1-17-8-12(15)7-14-13(16)6-11-5-9-2-3-10(11)4-9/h9-12,15H,2-8H2,1H3,(H,14,16). The van der Waals surface area contributed by atoms with Crippen LogP contribution in [0.25, 0.3) is 0 Å². The Morgan fingerprint density at radius 1 is 1.47 bits per heavy atom. The maximum atomic E-state index is 11.7. The SMILES string of the molecule is COCC(O)CNC(=O)CC1CC2CCC1C2. The van der Waals surface area contributed by atoms with Gasteiger partial charge in [0.1, 0.15) is 0 Å². The summed E-state index contributed by atoms with van der Waals surface area (Å²) in [6, 6.07) is 0. The monoisotopic (exact) mass is 241 g/mol. The number of hydrogen-bond acceptors (Lipinski definition) is 3. The van der Waals surface area contributed by atoms with Crippen LogP contribution in [0.1, 0.15) is 32.1 Å². The molecule has 0 heterocycles. The van der Waals surface area contributed by atoms with Gasteiger partial charge in [-0.1, -0.05) is 6.42 Å². The smallest absolute Gasteiger partial charge is 0.220 e. The molecule has 0 aromatic rings. The van der Waals surface area contributed by atoms with Crippen LogP contribution in [0.4, 0.5) is 0 Å². The van der Waals surface area contributed by atoms with Crippen LogP contribution in [0.5, 0.6) is 0 Å². The summed E-state index contributed by atoms with van der Waals surface area (Å²) in [4.78, 5) is 11.7. The van der Waals surface area contributed by atoms with Crippen LogP contribution in [0, 0.1) is 17.8 Å². The van der Waals surface area contributed by atoms with E-state index in [1.54, 1.807) is 7.11 Å². The van der Waals surface area contributed by atoms with Crippen molar-refractivity contribution < 1.29 is 14.6 Å². The summed E-state index contributed by atoms with van der Waals surface area (Å²) in [5.41, 5.74) is 0. The molecule has 2 N–H and O–H groups in total. The van der Waals surface area contributed by atoms with Gasteiger partial charge in [0, 0.05) is 20.1 Å². The zero-order valence-corrected chi connectivity index (χ0v) is 10.5. The second-order valence-corrected chi connectivity index (χ2v) is 5.55. The molecule has 2 fully saturated rings. The van der Waals surface area contributed by atoms with Crippen molar-refractivity contribution in [2.45, 2.75) is 38.2 Å². The molecule has 0 aromatic heterocycles. The van der Waals surface area contributed by atoms with Crippen LogP contribution < -0.4 is 5.32 Å². The Hall–Kier alpha value is -0.610. The molecule has 4 unspecified atom stereocenters. The van der Waals surface area contributed by atoms with Crippen LogP contribution in [0.15, 0.2) is 0 Å². The Labute approximate surface area is 103 Å². The van der Waals surface area contributed by atoms with Crippen LogP contribution in [-0.4, -0.2) is 37.4 Å². The first-order valence-electron chi connectivity index (χ1n) is 6.62. The van der Waals surface area contributed by atoms with Crippen molar-refractivity contribution in [3.8, 4) is 0 Å². The first-order chi connectivity index (χ1) is 8.19. The van der Waals surface area contributed by atoms with Gasteiger partial charge in [-0.2, -0.15) is 0 Å². The fraction of sp³-hybridized carbons (Fsp3) is 0.923. The van der Waals surface area contributed by atoms with Crippen molar-refractivity contribution in [3.63, 3.8) is 0 Å². The minimum absolute atomic E-state index is 0.0812. The van der Waals surface area contributed by atoms with Gasteiger partial charge in [-0.25, -0.2) is 0 Å².